The van der Waals surface area contributed by atoms with Crippen molar-refractivity contribution in [2.75, 3.05) is 0 Å². The second-order valence-corrected chi connectivity index (χ2v) is 14.6. The lowest BCUT2D eigenvalue weighted by Crippen LogP contribution is -2.09. The van der Waals surface area contributed by atoms with E-state index in [0.717, 1.165) is 60.3 Å². The molecular weight excluding hydrogens is 621 g/mol. The molecule has 0 bridgehead atoms. The largest absolute Gasteiger partial charge is 0.456 e. The van der Waals surface area contributed by atoms with E-state index in [0.29, 0.717) is 4.90 Å². The van der Waals surface area contributed by atoms with Crippen molar-refractivity contribution in [3.05, 3.63) is 181 Å². The summed E-state index contributed by atoms with van der Waals surface area (Å²) >= 11 is 0. The normalized spacial score (nSPS) is 15.8. The fraction of sp³-hybridized carbons (Fsp3) is 0. The van der Waals surface area contributed by atoms with Crippen molar-refractivity contribution in [2.45, 2.75) is 9.79 Å². The number of hydrogen-bond acceptors (Lipinski definition) is 3. The molecule has 0 N–H and O–H groups in total. The fourth-order valence-corrected chi connectivity index (χ4v) is 9.44. The summed E-state index contributed by atoms with van der Waals surface area (Å²) in [5.74, 6) is 0. The minimum atomic E-state index is -2.82. The molecule has 232 valence electrons. The molecule has 4 nitrogen and oxygen atoms in total. The Kier molecular flexibility index (Phi) is 6.08. The SMILES string of the molecule is O=S1(c2ccccc2)=NC=C(c2cccc3oc4ccc(-c5ccc6c(c5)c5ccccc5n6-c5ccccc5)cc4c23)c2ccccc21. The summed E-state index contributed by atoms with van der Waals surface area (Å²) in [5, 5.41) is 4.48. The molecule has 3 heterocycles. The van der Waals surface area contributed by atoms with E-state index in [1.54, 1.807) is 6.20 Å². The second kappa shape index (κ2) is 10.7. The van der Waals surface area contributed by atoms with E-state index >= 15 is 0 Å². The highest BCUT2D eigenvalue weighted by Gasteiger charge is 2.26. The van der Waals surface area contributed by atoms with Gasteiger partial charge in [0.15, 0.2) is 0 Å². The van der Waals surface area contributed by atoms with Crippen molar-refractivity contribution in [1.29, 1.82) is 0 Å². The highest BCUT2D eigenvalue weighted by atomic mass is 32.2. The van der Waals surface area contributed by atoms with Gasteiger partial charge < -0.3 is 8.98 Å². The second-order valence-electron chi connectivity index (χ2n) is 12.4. The molecule has 0 radical (unpaired) electrons. The molecule has 2 aromatic heterocycles. The van der Waals surface area contributed by atoms with Crippen molar-refractivity contribution in [1.82, 2.24) is 4.57 Å². The maximum atomic E-state index is 14.5. The van der Waals surface area contributed by atoms with Gasteiger partial charge in [0.05, 0.1) is 20.8 Å². The predicted octanol–water partition coefficient (Wildman–Crippen LogP) is 11.6. The number of fused-ring (bicyclic) bond motifs is 7. The molecule has 0 saturated heterocycles. The van der Waals surface area contributed by atoms with Crippen molar-refractivity contribution in [3.8, 4) is 16.8 Å². The van der Waals surface area contributed by atoms with Gasteiger partial charge in [0.25, 0.3) is 0 Å². The Balaban J connectivity index is 1.17. The standard InChI is InChI=1S/C44H28N2O2S/c47-49(32-14-5-2-6-15-32)43-21-10-8-17-34(43)38(28-45-49)35-18-11-20-42-44(35)37-27-30(23-25-41(37)48-42)29-22-24-40-36(26-29)33-16-7-9-19-39(33)46(40)31-12-3-1-4-13-31/h1-28H. The Morgan fingerprint density at radius 3 is 2.06 bits per heavy atom. The van der Waals surface area contributed by atoms with Gasteiger partial charge in [0.1, 0.15) is 20.9 Å². The Morgan fingerprint density at radius 2 is 1.20 bits per heavy atom. The highest BCUT2D eigenvalue weighted by Crippen LogP contribution is 2.43. The van der Waals surface area contributed by atoms with Crippen molar-refractivity contribution in [3.63, 3.8) is 0 Å². The molecule has 0 amide bonds. The van der Waals surface area contributed by atoms with Crippen LogP contribution >= 0.6 is 0 Å². The van der Waals surface area contributed by atoms with Gasteiger partial charge in [0.2, 0.25) is 0 Å². The fourth-order valence-electron chi connectivity index (χ4n) is 7.43. The van der Waals surface area contributed by atoms with Crippen LogP contribution in [0.4, 0.5) is 0 Å². The van der Waals surface area contributed by atoms with Gasteiger partial charge in [-0.25, -0.2) is 4.21 Å². The van der Waals surface area contributed by atoms with Gasteiger partial charge in [0, 0.05) is 44.6 Å². The number of para-hydroxylation sites is 2. The molecule has 1 atom stereocenters. The summed E-state index contributed by atoms with van der Waals surface area (Å²) in [5.41, 5.74) is 10.2. The topological polar surface area (TPSA) is 47.5 Å². The van der Waals surface area contributed by atoms with Crippen LogP contribution in [0.3, 0.4) is 0 Å². The Bertz CT molecular complexity index is 2930. The number of benzene rings is 7. The van der Waals surface area contributed by atoms with Crippen LogP contribution in [0.25, 0.3) is 66.1 Å². The van der Waals surface area contributed by atoms with Crippen LogP contribution in [0.2, 0.25) is 0 Å². The minimum Gasteiger partial charge on any atom is -0.456 e. The van der Waals surface area contributed by atoms with Gasteiger partial charge in [-0.05, 0) is 83.4 Å². The number of aromatic nitrogens is 1. The van der Waals surface area contributed by atoms with E-state index in [4.69, 9.17) is 8.78 Å². The van der Waals surface area contributed by atoms with E-state index < -0.39 is 9.73 Å². The van der Waals surface area contributed by atoms with Gasteiger partial charge >= 0.3 is 0 Å². The lowest BCUT2D eigenvalue weighted by molar-refractivity contribution is 0.669. The van der Waals surface area contributed by atoms with Crippen molar-refractivity contribution >= 4 is 59.0 Å². The van der Waals surface area contributed by atoms with Gasteiger partial charge in [-0.2, -0.15) is 4.36 Å². The Labute approximate surface area is 283 Å². The lowest BCUT2D eigenvalue weighted by Gasteiger charge is -2.21. The first-order valence-corrected chi connectivity index (χ1v) is 17.8. The quantitative estimate of drug-likeness (QED) is 0.191. The van der Waals surface area contributed by atoms with Crippen LogP contribution in [-0.2, 0) is 9.73 Å². The molecular formula is C44H28N2O2S. The van der Waals surface area contributed by atoms with E-state index in [1.165, 1.54) is 21.8 Å². The van der Waals surface area contributed by atoms with E-state index in [2.05, 4.69) is 102 Å². The van der Waals surface area contributed by atoms with Crippen molar-refractivity contribution in [2.24, 2.45) is 4.36 Å². The Hall–Kier alpha value is -6.17. The summed E-state index contributed by atoms with van der Waals surface area (Å²) in [7, 11) is -2.82. The molecule has 1 aliphatic heterocycles. The third kappa shape index (κ3) is 4.19. The van der Waals surface area contributed by atoms with Gasteiger partial charge in [-0.1, -0.05) is 97.1 Å². The molecule has 0 spiro atoms. The zero-order chi connectivity index (χ0) is 32.5. The van der Waals surface area contributed by atoms with Crippen LogP contribution in [0.5, 0.6) is 0 Å². The van der Waals surface area contributed by atoms with Crippen LogP contribution < -0.4 is 0 Å². The van der Waals surface area contributed by atoms with Crippen LogP contribution in [0, 0.1) is 0 Å². The number of nitrogens with zero attached hydrogens (tertiary/aromatic N) is 2. The average Bonchev–Trinajstić information content (AvgIpc) is 3.71. The monoisotopic (exact) mass is 648 g/mol. The molecule has 10 rings (SSSR count). The Morgan fingerprint density at radius 1 is 0.531 bits per heavy atom. The third-order valence-electron chi connectivity index (χ3n) is 9.67. The summed E-state index contributed by atoms with van der Waals surface area (Å²) in [4.78, 5) is 1.44. The zero-order valence-electron chi connectivity index (χ0n) is 26.3. The number of rotatable bonds is 4. The summed E-state index contributed by atoms with van der Waals surface area (Å²) in [6, 6.07) is 56.0. The first-order valence-electron chi connectivity index (χ1n) is 16.3. The maximum Gasteiger partial charge on any atom is 0.136 e. The number of furan rings is 1. The summed E-state index contributed by atoms with van der Waals surface area (Å²) < 4.78 is 28.0. The molecule has 49 heavy (non-hydrogen) atoms. The van der Waals surface area contributed by atoms with Crippen LogP contribution in [0.1, 0.15) is 11.1 Å². The summed E-state index contributed by atoms with van der Waals surface area (Å²) in [6.45, 7) is 0. The minimum absolute atomic E-state index is 0.707. The summed E-state index contributed by atoms with van der Waals surface area (Å²) in [6.07, 6.45) is 1.80. The first-order chi connectivity index (χ1) is 24.2. The third-order valence-corrected chi connectivity index (χ3v) is 11.9. The molecule has 0 fully saturated rings. The molecule has 7 aromatic carbocycles. The molecule has 9 aromatic rings. The molecule has 0 aliphatic carbocycles. The lowest BCUT2D eigenvalue weighted by atomic mass is 9.93. The van der Waals surface area contributed by atoms with E-state index in [1.807, 2.05) is 66.7 Å². The average molecular weight is 649 g/mol. The molecule has 1 aliphatic rings. The van der Waals surface area contributed by atoms with E-state index in [9.17, 15) is 4.21 Å². The van der Waals surface area contributed by atoms with Crippen LogP contribution in [-0.4, -0.2) is 8.78 Å². The smallest absolute Gasteiger partial charge is 0.136 e. The molecule has 1 unspecified atom stereocenters. The molecule has 5 heteroatoms. The van der Waals surface area contributed by atoms with Gasteiger partial charge in [-0.3, -0.25) is 0 Å². The predicted molar refractivity (Wildman–Crippen MR) is 201 cm³/mol. The van der Waals surface area contributed by atoms with Crippen molar-refractivity contribution < 1.29 is 8.63 Å². The number of hydrogen-bond donors (Lipinski definition) is 0. The van der Waals surface area contributed by atoms with Gasteiger partial charge in [-0.15, -0.1) is 0 Å². The molecule has 0 saturated carbocycles. The van der Waals surface area contributed by atoms with Crippen LogP contribution in [0.15, 0.2) is 189 Å². The highest BCUT2D eigenvalue weighted by molar-refractivity contribution is 7.94. The first kappa shape index (κ1) is 27.9. The maximum absolute atomic E-state index is 14.5. The zero-order valence-corrected chi connectivity index (χ0v) is 27.1. The van der Waals surface area contributed by atoms with E-state index in [-0.39, 0.29) is 0 Å².